The van der Waals surface area contributed by atoms with E-state index >= 15 is 0 Å². The zero-order valence-corrected chi connectivity index (χ0v) is 8.80. The van der Waals surface area contributed by atoms with Gasteiger partial charge in [-0.1, -0.05) is 6.92 Å². The third kappa shape index (κ3) is 6.47. The number of carboxylic acids is 1. The minimum Gasteiger partial charge on any atom is -0.481 e. The fourth-order valence-corrected chi connectivity index (χ4v) is 1.54. The van der Waals surface area contributed by atoms with Crippen molar-refractivity contribution >= 4 is 28.8 Å². The van der Waals surface area contributed by atoms with Gasteiger partial charge in [0.15, 0.2) is 5.44 Å². The predicted octanol–water partition coefficient (Wildman–Crippen LogP) is 1.02. The van der Waals surface area contributed by atoms with Gasteiger partial charge >= 0.3 is 11.9 Å². The molecule has 1 unspecified atom stereocenters. The second kappa shape index (κ2) is 6.42. The average Bonchev–Trinajstić information content (AvgIpc) is 2.00. The molecule has 1 atom stereocenters. The summed E-state index contributed by atoms with van der Waals surface area (Å²) in [5.41, 5.74) is -0.584. The van der Waals surface area contributed by atoms with E-state index in [0.717, 1.165) is 11.8 Å². The van der Waals surface area contributed by atoms with Crippen LogP contribution < -0.4 is 0 Å². The van der Waals surface area contributed by atoms with Crippen molar-refractivity contribution < 1.29 is 24.2 Å². The number of hydrogen-bond acceptors (Lipinski definition) is 5. The molecule has 0 aliphatic rings. The maximum Gasteiger partial charge on any atom is 0.311 e. The molecule has 5 nitrogen and oxygen atoms in total. The van der Waals surface area contributed by atoms with E-state index in [9.17, 15) is 14.4 Å². The van der Waals surface area contributed by atoms with E-state index in [4.69, 9.17) is 9.84 Å². The first kappa shape index (κ1) is 13.0. The Hall–Kier alpha value is -1.04. The van der Waals surface area contributed by atoms with Crippen molar-refractivity contribution in [2.75, 3.05) is 0 Å². The van der Waals surface area contributed by atoms with Gasteiger partial charge in [-0.2, -0.15) is 0 Å². The molecule has 1 N–H and O–H groups in total. The van der Waals surface area contributed by atoms with E-state index in [0.29, 0.717) is 6.42 Å². The van der Waals surface area contributed by atoms with Crippen molar-refractivity contribution in [3.8, 4) is 0 Å². The fourth-order valence-electron chi connectivity index (χ4n) is 0.688. The minimum absolute atomic E-state index is 0.468. The van der Waals surface area contributed by atoms with Crippen LogP contribution in [0.2, 0.25) is 0 Å². The topological polar surface area (TPSA) is 80.7 Å². The zero-order valence-electron chi connectivity index (χ0n) is 7.98. The average molecular weight is 220 g/mol. The molecule has 0 radical (unpaired) electrons. The van der Waals surface area contributed by atoms with Crippen LogP contribution in [0, 0.1) is 0 Å². The third-order valence-corrected chi connectivity index (χ3v) is 2.29. The van der Waals surface area contributed by atoms with Crippen LogP contribution in [0.3, 0.4) is 0 Å². The summed E-state index contributed by atoms with van der Waals surface area (Å²) in [5.74, 6) is -1.66. The Morgan fingerprint density at radius 1 is 1.43 bits per heavy atom. The summed E-state index contributed by atoms with van der Waals surface area (Å²) in [5, 5.41) is 7.80. The number of carbonyl (C=O) groups is 3. The highest BCUT2D eigenvalue weighted by Crippen LogP contribution is 2.18. The first-order valence-corrected chi connectivity index (χ1v) is 4.92. The highest BCUT2D eigenvalue weighted by atomic mass is 32.2. The second-order valence-corrected chi connectivity index (χ2v) is 3.72. The molecule has 0 bridgehead atoms. The van der Waals surface area contributed by atoms with Crippen LogP contribution in [0.1, 0.15) is 26.7 Å². The van der Waals surface area contributed by atoms with Gasteiger partial charge in [0.1, 0.15) is 6.42 Å². The molecule has 0 rings (SSSR count). The van der Waals surface area contributed by atoms with Crippen molar-refractivity contribution in [3.63, 3.8) is 0 Å². The van der Waals surface area contributed by atoms with Crippen LogP contribution in [-0.4, -0.2) is 27.6 Å². The number of carboxylic acid groups (broad SMARTS) is 1. The standard InChI is InChI=1S/C8H12O5S/c1-3-8(13-5(2)9)14-7(12)4-6(10)11/h8H,3-4H2,1-2H3,(H,10,11). The highest BCUT2D eigenvalue weighted by molar-refractivity contribution is 8.14. The number of hydrogen-bond donors (Lipinski definition) is 1. The van der Waals surface area contributed by atoms with E-state index in [2.05, 4.69) is 0 Å². The Morgan fingerprint density at radius 3 is 2.36 bits per heavy atom. The monoisotopic (exact) mass is 220 g/mol. The number of esters is 1. The summed E-state index contributed by atoms with van der Waals surface area (Å²) in [6, 6.07) is 0. The lowest BCUT2D eigenvalue weighted by Crippen LogP contribution is -2.15. The summed E-state index contributed by atoms with van der Waals surface area (Å²) in [6.45, 7) is 2.99. The van der Waals surface area contributed by atoms with E-state index in [-0.39, 0.29) is 0 Å². The summed E-state index contributed by atoms with van der Waals surface area (Å²) in [6.07, 6.45) is -0.0853. The number of aliphatic carboxylic acids is 1. The van der Waals surface area contributed by atoms with Crippen LogP contribution in [0.25, 0.3) is 0 Å². The Labute approximate surface area is 85.8 Å². The lowest BCUT2D eigenvalue weighted by molar-refractivity contribution is -0.142. The number of ether oxygens (including phenoxy) is 1. The van der Waals surface area contributed by atoms with Crippen molar-refractivity contribution in [1.29, 1.82) is 0 Å². The Bertz CT molecular complexity index is 238. The van der Waals surface area contributed by atoms with Crippen LogP contribution in [0.15, 0.2) is 0 Å². The predicted molar refractivity (Wildman–Crippen MR) is 50.7 cm³/mol. The number of carbonyl (C=O) groups excluding carboxylic acids is 2. The highest BCUT2D eigenvalue weighted by Gasteiger charge is 2.17. The summed E-state index contributed by atoms with van der Waals surface area (Å²) in [4.78, 5) is 31.7. The first-order valence-electron chi connectivity index (χ1n) is 4.04. The van der Waals surface area contributed by atoms with E-state index < -0.39 is 28.9 Å². The van der Waals surface area contributed by atoms with Crippen molar-refractivity contribution in [2.24, 2.45) is 0 Å². The third-order valence-electron chi connectivity index (χ3n) is 1.19. The molecule has 14 heavy (non-hydrogen) atoms. The number of thioether (sulfide) groups is 1. The van der Waals surface area contributed by atoms with Crippen molar-refractivity contribution in [2.45, 2.75) is 32.1 Å². The first-order chi connectivity index (χ1) is 6.45. The van der Waals surface area contributed by atoms with Crippen LogP contribution in [-0.2, 0) is 19.1 Å². The van der Waals surface area contributed by atoms with Gasteiger partial charge in [-0.3, -0.25) is 14.4 Å². The molecule has 0 aromatic rings. The molecule has 0 saturated heterocycles. The summed E-state index contributed by atoms with van der Waals surface area (Å²) >= 11 is 0.739. The quantitative estimate of drug-likeness (QED) is 0.423. The van der Waals surface area contributed by atoms with Gasteiger partial charge in [-0.05, 0) is 18.2 Å². The molecular formula is C8H12O5S. The molecule has 0 aromatic heterocycles. The van der Waals surface area contributed by atoms with Gasteiger partial charge in [0.25, 0.3) is 0 Å². The Morgan fingerprint density at radius 2 is 2.00 bits per heavy atom. The molecule has 6 heteroatoms. The van der Waals surface area contributed by atoms with Gasteiger partial charge in [0, 0.05) is 6.92 Å². The Balaban J connectivity index is 3.98. The molecule has 0 heterocycles. The van der Waals surface area contributed by atoms with E-state index in [1.54, 1.807) is 6.92 Å². The van der Waals surface area contributed by atoms with Gasteiger partial charge < -0.3 is 9.84 Å². The van der Waals surface area contributed by atoms with Gasteiger partial charge in [0.05, 0.1) is 0 Å². The SMILES string of the molecule is CCC(OC(C)=O)SC(=O)CC(=O)O. The van der Waals surface area contributed by atoms with Gasteiger partial charge in [-0.15, -0.1) is 0 Å². The van der Waals surface area contributed by atoms with Crippen LogP contribution in [0.4, 0.5) is 0 Å². The molecule has 0 fully saturated rings. The zero-order chi connectivity index (χ0) is 11.1. The molecule has 0 amide bonds. The van der Waals surface area contributed by atoms with E-state index in [1.165, 1.54) is 6.92 Å². The maximum atomic E-state index is 11.0. The molecule has 0 saturated carbocycles. The van der Waals surface area contributed by atoms with Gasteiger partial charge in [-0.25, -0.2) is 0 Å². The smallest absolute Gasteiger partial charge is 0.311 e. The van der Waals surface area contributed by atoms with Crippen molar-refractivity contribution in [1.82, 2.24) is 0 Å². The number of rotatable bonds is 5. The molecule has 0 spiro atoms. The lowest BCUT2D eigenvalue weighted by atomic mass is 10.5. The molecule has 80 valence electrons. The Kier molecular flexibility index (Phi) is 5.94. The van der Waals surface area contributed by atoms with Crippen LogP contribution in [0.5, 0.6) is 0 Å². The molecule has 0 aliphatic carbocycles. The molecule has 0 aliphatic heterocycles. The maximum absolute atomic E-state index is 11.0. The molecular weight excluding hydrogens is 208 g/mol. The molecule has 0 aromatic carbocycles. The summed E-state index contributed by atoms with van der Waals surface area (Å²) < 4.78 is 4.76. The largest absolute Gasteiger partial charge is 0.481 e. The normalized spacial score (nSPS) is 11.9. The lowest BCUT2D eigenvalue weighted by Gasteiger charge is -2.12. The van der Waals surface area contributed by atoms with Gasteiger partial charge in [0.2, 0.25) is 5.12 Å². The second-order valence-electron chi connectivity index (χ2n) is 2.51. The van der Waals surface area contributed by atoms with Crippen molar-refractivity contribution in [3.05, 3.63) is 0 Å². The van der Waals surface area contributed by atoms with Crippen LogP contribution >= 0.6 is 11.8 Å². The minimum atomic E-state index is -1.18. The fraction of sp³-hybridized carbons (Fsp3) is 0.625. The summed E-state index contributed by atoms with van der Waals surface area (Å²) in [7, 11) is 0. The van der Waals surface area contributed by atoms with E-state index in [1.807, 2.05) is 0 Å².